The molecule has 190 valence electrons. The maximum absolute atomic E-state index is 14.2. The van der Waals surface area contributed by atoms with Gasteiger partial charge in [0, 0.05) is 17.3 Å². The zero-order chi connectivity index (χ0) is 26.7. The number of hydrogen-bond acceptors (Lipinski definition) is 5. The van der Waals surface area contributed by atoms with Crippen LogP contribution < -0.4 is 5.69 Å². The molecule has 2 aliphatic rings. The van der Waals surface area contributed by atoms with E-state index in [-0.39, 0.29) is 29.2 Å². The van der Waals surface area contributed by atoms with E-state index in [1.807, 2.05) is 71.6 Å². The Morgan fingerprint density at radius 2 is 1.56 bits per heavy atom. The van der Waals surface area contributed by atoms with Crippen LogP contribution in [0.25, 0.3) is 16.5 Å². The molecule has 2 aromatic heterocycles. The number of aromatic hydroxyl groups is 1. The molecule has 2 aliphatic heterocycles. The second-order valence-corrected chi connectivity index (χ2v) is 10.00. The van der Waals surface area contributed by atoms with Crippen molar-refractivity contribution in [2.24, 2.45) is 0 Å². The Morgan fingerprint density at radius 3 is 2.21 bits per heavy atom. The third-order valence-electron chi connectivity index (χ3n) is 7.97. The van der Waals surface area contributed by atoms with E-state index < -0.39 is 12.0 Å². The number of carbonyl (C=O) groups is 1. The van der Waals surface area contributed by atoms with Gasteiger partial charge in [0.25, 0.3) is 0 Å². The number of likely N-dealkylation sites (tertiary alicyclic amines) is 1. The molecule has 1 saturated heterocycles. The zero-order valence-corrected chi connectivity index (χ0v) is 20.8. The Morgan fingerprint density at radius 1 is 0.949 bits per heavy atom. The minimum atomic E-state index is -0.497. The number of nitriles is 1. The third-order valence-corrected chi connectivity index (χ3v) is 7.97. The number of nitrogens with zero attached hydrogens (tertiary/aromatic N) is 5. The molecule has 8 nitrogen and oxygen atoms in total. The lowest BCUT2D eigenvalue weighted by Gasteiger charge is -2.31. The van der Waals surface area contributed by atoms with Gasteiger partial charge in [0.2, 0.25) is 11.8 Å². The van der Waals surface area contributed by atoms with Crippen LogP contribution in [0, 0.1) is 11.3 Å². The number of fused-ring (bicyclic) bond motifs is 6. The fourth-order valence-corrected chi connectivity index (χ4v) is 6.29. The molecule has 1 fully saturated rings. The predicted molar refractivity (Wildman–Crippen MR) is 145 cm³/mol. The molecule has 4 heterocycles. The van der Waals surface area contributed by atoms with Crippen molar-refractivity contribution in [3.8, 4) is 17.6 Å². The zero-order valence-electron chi connectivity index (χ0n) is 20.8. The molecule has 7 rings (SSSR count). The predicted octanol–water partition coefficient (Wildman–Crippen LogP) is 4.42. The van der Waals surface area contributed by atoms with E-state index in [1.54, 1.807) is 22.8 Å². The first-order valence-electron chi connectivity index (χ1n) is 12.8. The lowest BCUT2D eigenvalue weighted by molar-refractivity contribution is -0.133. The van der Waals surface area contributed by atoms with E-state index in [9.17, 15) is 20.0 Å². The third kappa shape index (κ3) is 3.33. The quantitative estimate of drug-likeness (QED) is 0.383. The minimum Gasteiger partial charge on any atom is -0.493 e. The summed E-state index contributed by atoms with van der Waals surface area (Å²) in [5.41, 5.74) is 2.51. The summed E-state index contributed by atoms with van der Waals surface area (Å²) in [4.78, 5) is 33.9. The van der Waals surface area contributed by atoms with Crippen molar-refractivity contribution >= 4 is 16.7 Å². The van der Waals surface area contributed by atoms with Crippen LogP contribution in [0.2, 0.25) is 0 Å². The molecule has 0 aliphatic carbocycles. The van der Waals surface area contributed by atoms with Gasteiger partial charge in [-0.15, -0.1) is 0 Å². The molecule has 1 amide bonds. The SMILES string of the molecule is N#Cc1ncc(-n2c(O)c3n(c2=O)C2CC3N(C(=O)C(c3ccccc3)c3ccccc3)C2)c2ccccc12. The molecular formula is C31H23N5O3. The van der Waals surface area contributed by atoms with Crippen LogP contribution in [-0.4, -0.2) is 36.6 Å². The largest absolute Gasteiger partial charge is 0.493 e. The molecule has 8 heteroatoms. The number of rotatable bonds is 4. The summed E-state index contributed by atoms with van der Waals surface area (Å²) in [6.45, 7) is 0.391. The van der Waals surface area contributed by atoms with Crippen molar-refractivity contribution in [3.05, 3.63) is 124 Å². The van der Waals surface area contributed by atoms with Gasteiger partial charge in [-0.3, -0.25) is 9.36 Å². The Balaban J connectivity index is 1.33. The number of amides is 1. The lowest BCUT2D eigenvalue weighted by Crippen LogP contribution is -2.40. The van der Waals surface area contributed by atoms with Gasteiger partial charge in [0.05, 0.1) is 29.9 Å². The number of hydrogen-bond donors (Lipinski definition) is 1. The highest BCUT2D eigenvalue weighted by Crippen LogP contribution is 2.50. The summed E-state index contributed by atoms with van der Waals surface area (Å²) < 4.78 is 2.88. The number of pyridine rings is 1. The highest BCUT2D eigenvalue weighted by molar-refractivity contribution is 5.93. The van der Waals surface area contributed by atoms with Crippen molar-refractivity contribution in [3.63, 3.8) is 0 Å². The van der Waals surface area contributed by atoms with Crippen LogP contribution in [0.4, 0.5) is 0 Å². The fraction of sp³-hybridized carbons (Fsp3) is 0.161. The molecule has 2 unspecified atom stereocenters. The van der Waals surface area contributed by atoms with Crippen molar-refractivity contribution < 1.29 is 9.90 Å². The Kier molecular flexibility index (Phi) is 5.13. The van der Waals surface area contributed by atoms with Gasteiger partial charge < -0.3 is 10.0 Å². The summed E-state index contributed by atoms with van der Waals surface area (Å²) in [5, 5.41) is 22.2. The molecule has 0 saturated carbocycles. The van der Waals surface area contributed by atoms with E-state index in [4.69, 9.17) is 0 Å². The molecule has 1 N–H and O–H groups in total. The van der Waals surface area contributed by atoms with E-state index in [0.717, 1.165) is 11.1 Å². The van der Waals surface area contributed by atoms with E-state index in [0.29, 0.717) is 35.1 Å². The molecule has 39 heavy (non-hydrogen) atoms. The second kappa shape index (κ2) is 8.71. The lowest BCUT2D eigenvalue weighted by atomic mass is 9.89. The van der Waals surface area contributed by atoms with E-state index in [2.05, 4.69) is 11.1 Å². The Bertz CT molecular complexity index is 1810. The first kappa shape index (κ1) is 23.0. The van der Waals surface area contributed by atoms with Crippen LogP contribution in [0.5, 0.6) is 5.88 Å². The maximum atomic E-state index is 14.2. The second-order valence-electron chi connectivity index (χ2n) is 10.00. The van der Waals surface area contributed by atoms with Crippen LogP contribution in [0.1, 0.15) is 46.9 Å². The highest BCUT2D eigenvalue weighted by atomic mass is 16.3. The first-order chi connectivity index (χ1) is 19.1. The van der Waals surface area contributed by atoms with Crippen molar-refractivity contribution in [1.29, 1.82) is 5.26 Å². The van der Waals surface area contributed by atoms with Crippen LogP contribution in [0.15, 0.2) is 95.9 Å². The Hall–Kier alpha value is -5.16. The van der Waals surface area contributed by atoms with Gasteiger partial charge in [-0.05, 0) is 17.5 Å². The van der Waals surface area contributed by atoms with Crippen LogP contribution in [-0.2, 0) is 4.79 Å². The van der Waals surface area contributed by atoms with Gasteiger partial charge in [0.15, 0.2) is 0 Å². The standard InChI is InChI=1S/C31H23N5O3/c32-16-24-22-13-7-8-14-23(22)26(17-33-24)36-30(38)28-25-15-21(35(28)31(36)39)18-34(25)29(37)27(19-9-3-1-4-10-19)20-11-5-2-6-12-20/h1-14,17,21,25,27,38H,15,18H2. The molecular weight excluding hydrogens is 490 g/mol. The van der Waals surface area contributed by atoms with Gasteiger partial charge in [-0.1, -0.05) is 84.9 Å². The summed E-state index contributed by atoms with van der Waals surface area (Å²) >= 11 is 0. The average molecular weight is 514 g/mol. The molecule has 0 spiro atoms. The average Bonchev–Trinajstić information content (AvgIpc) is 3.65. The summed E-state index contributed by atoms with van der Waals surface area (Å²) in [6, 6.07) is 28.0. The number of aromatic nitrogens is 3. The minimum absolute atomic E-state index is 0.0590. The summed E-state index contributed by atoms with van der Waals surface area (Å²) in [6.07, 6.45) is 2.02. The van der Waals surface area contributed by atoms with Crippen LogP contribution in [0.3, 0.4) is 0 Å². The molecule has 2 bridgehead atoms. The molecule has 2 atom stereocenters. The monoisotopic (exact) mass is 513 g/mol. The highest BCUT2D eigenvalue weighted by Gasteiger charge is 2.50. The number of benzene rings is 3. The van der Waals surface area contributed by atoms with E-state index in [1.165, 1.54) is 10.8 Å². The van der Waals surface area contributed by atoms with Gasteiger partial charge >= 0.3 is 5.69 Å². The summed E-state index contributed by atoms with van der Waals surface area (Å²) in [5.74, 6) is -0.753. The van der Waals surface area contributed by atoms with Gasteiger partial charge in [-0.2, -0.15) is 5.26 Å². The smallest absolute Gasteiger partial charge is 0.336 e. The number of carbonyl (C=O) groups excluding carboxylic acids is 1. The Labute approximate surface area is 223 Å². The van der Waals surface area contributed by atoms with Gasteiger partial charge in [-0.25, -0.2) is 14.3 Å². The van der Waals surface area contributed by atoms with E-state index >= 15 is 0 Å². The normalized spacial score (nSPS) is 17.5. The van der Waals surface area contributed by atoms with Crippen molar-refractivity contribution in [2.75, 3.05) is 6.54 Å². The molecule has 0 radical (unpaired) electrons. The first-order valence-corrected chi connectivity index (χ1v) is 12.8. The van der Waals surface area contributed by atoms with Crippen molar-refractivity contribution in [2.45, 2.75) is 24.4 Å². The fourth-order valence-electron chi connectivity index (χ4n) is 6.29. The maximum Gasteiger partial charge on any atom is 0.336 e. The number of imidazole rings is 1. The topological polar surface area (TPSA) is 104 Å². The van der Waals surface area contributed by atoms with Crippen LogP contribution >= 0.6 is 0 Å². The van der Waals surface area contributed by atoms with Crippen molar-refractivity contribution in [1.82, 2.24) is 19.0 Å². The molecule has 3 aromatic carbocycles. The summed E-state index contributed by atoms with van der Waals surface area (Å²) in [7, 11) is 0. The van der Waals surface area contributed by atoms with Gasteiger partial charge in [0.1, 0.15) is 17.5 Å². The molecule has 5 aromatic rings.